The molecule has 1 aromatic rings. The highest BCUT2D eigenvalue weighted by Gasteiger charge is 2.27. The molecule has 0 radical (unpaired) electrons. The second-order valence-corrected chi connectivity index (χ2v) is 6.75. The van der Waals surface area contributed by atoms with E-state index in [0.29, 0.717) is 11.5 Å². The van der Waals surface area contributed by atoms with Crippen LogP contribution in [0, 0.1) is 0 Å². The number of methoxy groups -OCH3 is 2. The van der Waals surface area contributed by atoms with Gasteiger partial charge in [-0.05, 0) is 43.0 Å². The van der Waals surface area contributed by atoms with Gasteiger partial charge in [-0.3, -0.25) is 9.69 Å². The molecule has 3 rings (SSSR count). The van der Waals surface area contributed by atoms with Gasteiger partial charge in [-0.2, -0.15) is 0 Å². The van der Waals surface area contributed by atoms with Gasteiger partial charge in [0.15, 0.2) is 11.5 Å². The molecule has 1 aliphatic carbocycles. The van der Waals surface area contributed by atoms with E-state index in [2.05, 4.69) is 4.90 Å². The normalized spacial score (nSPS) is 19.5. The maximum absolute atomic E-state index is 12.5. The summed E-state index contributed by atoms with van der Waals surface area (Å²) in [5, 5.41) is 0. The summed E-state index contributed by atoms with van der Waals surface area (Å²) in [5.74, 6) is 1.45. The Morgan fingerprint density at radius 1 is 1.04 bits per heavy atom. The minimum Gasteiger partial charge on any atom is -0.493 e. The maximum Gasteiger partial charge on any atom is 0.246 e. The highest BCUT2D eigenvalue weighted by Crippen LogP contribution is 2.28. The van der Waals surface area contributed by atoms with Crippen LogP contribution in [0.1, 0.15) is 31.2 Å². The molecular weight excluding hydrogens is 316 g/mol. The fourth-order valence-electron chi connectivity index (χ4n) is 3.50. The van der Waals surface area contributed by atoms with Crippen molar-refractivity contribution in [2.45, 2.75) is 31.7 Å². The van der Waals surface area contributed by atoms with Gasteiger partial charge in [0.05, 0.1) is 14.2 Å². The molecule has 1 saturated carbocycles. The number of nitrogens with zero attached hydrogens (tertiary/aromatic N) is 2. The van der Waals surface area contributed by atoms with Gasteiger partial charge in [0.2, 0.25) is 5.91 Å². The third-order valence-electron chi connectivity index (χ3n) is 5.26. The number of rotatable bonds is 5. The summed E-state index contributed by atoms with van der Waals surface area (Å²) in [6.45, 7) is 3.79. The van der Waals surface area contributed by atoms with Crippen LogP contribution >= 0.6 is 0 Å². The van der Waals surface area contributed by atoms with Gasteiger partial charge in [0.25, 0.3) is 0 Å². The average Bonchev–Trinajstić information content (AvgIpc) is 2.84. The lowest BCUT2D eigenvalue weighted by Gasteiger charge is -2.36. The minimum atomic E-state index is 0.0882. The first-order valence-electron chi connectivity index (χ1n) is 9.14. The van der Waals surface area contributed by atoms with E-state index in [9.17, 15) is 4.79 Å². The third kappa shape index (κ3) is 4.34. The molecule has 5 heteroatoms. The molecule has 0 unspecified atom stereocenters. The Labute approximate surface area is 150 Å². The molecule has 136 valence electrons. The smallest absolute Gasteiger partial charge is 0.246 e. The van der Waals surface area contributed by atoms with Crippen LogP contribution in [0.5, 0.6) is 11.5 Å². The maximum atomic E-state index is 12.5. The third-order valence-corrected chi connectivity index (χ3v) is 5.26. The molecule has 0 N–H and O–H groups in total. The zero-order valence-corrected chi connectivity index (χ0v) is 15.2. The fourth-order valence-corrected chi connectivity index (χ4v) is 3.50. The van der Waals surface area contributed by atoms with Gasteiger partial charge in [0, 0.05) is 38.3 Å². The van der Waals surface area contributed by atoms with Crippen molar-refractivity contribution in [3.63, 3.8) is 0 Å². The molecule has 2 fully saturated rings. The Balaban J connectivity index is 1.58. The van der Waals surface area contributed by atoms with Gasteiger partial charge in [-0.1, -0.05) is 12.5 Å². The highest BCUT2D eigenvalue weighted by molar-refractivity contribution is 5.91. The van der Waals surface area contributed by atoms with Gasteiger partial charge in [-0.15, -0.1) is 0 Å². The van der Waals surface area contributed by atoms with Crippen LogP contribution in [-0.4, -0.2) is 62.1 Å². The van der Waals surface area contributed by atoms with E-state index in [4.69, 9.17) is 9.47 Å². The van der Waals surface area contributed by atoms with E-state index in [1.807, 2.05) is 29.2 Å². The molecule has 0 atom stereocenters. The Hall–Kier alpha value is -2.01. The Bertz CT molecular complexity index is 625. The van der Waals surface area contributed by atoms with Crippen LogP contribution in [-0.2, 0) is 4.79 Å². The van der Waals surface area contributed by atoms with E-state index in [1.165, 1.54) is 19.3 Å². The molecule has 1 aliphatic heterocycles. The van der Waals surface area contributed by atoms with E-state index >= 15 is 0 Å². The molecule has 1 aromatic carbocycles. The largest absolute Gasteiger partial charge is 0.493 e. The summed E-state index contributed by atoms with van der Waals surface area (Å²) in [4.78, 5) is 17.1. The lowest BCUT2D eigenvalue weighted by molar-refractivity contribution is -0.125. The summed E-state index contributed by atoms with van der Waals surface area (Å²) in [6, 6.07) is 6.41. The van der Waals surface area contributed by atoms with Crippen molar-refractivity contribution in [3.8, 4) is 11.5 Å². The lowest BCUT2D eigenvalue weighted by Crippen LogP contribution is -2.42. The van der Waals surface area contributed by atoms with Crippen LogP contribution in [0.2, 0.25) is 0 Å². The standard InChI is InChI=1S/C20H28N2O3/c1-24-18-9-7-16(15-19(18)25-2)8-10-20(23)22-12-4-11-21(13-14-22)17-5-3-6-17/h7-10,15,17H,3-6,11-14H2,1-2H3. The number of benzene rings is 1. The van der Waals surface area contributed by atoms with Crippen molar-refractivity contribution in [2.75, 3.05) is 40.4 Å². The second-order valence-electron chi connectivity index (χ2n) is 6.75. The van der Waals surface area contributed by atoms with Gasteiger partial charge < -0.3 is 14.4 Å². The molecule has 2 aliphatic rings. The monoisotopic (exact) mass is 344 g/mol. The molecule has 0 aromatic heterocycles. The van der Waals surface area contributed by atoms with Gasteiger partial charge in [0.1, 0.15) is 0 Å². The molecule has 25 heavy (non-hydrogen) atoms. The number of hydrogen-bond acceptors (Lipinski definition) is 4. The van der Waals surface area contributed by atoms with Gasteiger partial charge >= 0.3 is 0 Å². The Kier molecular flexibility index (Phi) is 5.97. The first kappa shape index (κ1) is 17.8. The molecular formula is C20H28N2O3. The zero-order chi connectivity index (χ0) is 17.6. The van der Waals surface area contributed by atoms with Crippen molar-refractivity contribution < 1.29 is 14.3 Å². The van der Waals surface area contributed by atoms with Crippen molar-refractivity contribution in [1.29, 1.82) is 0 Å². The number of carbonyl (C=O) groups excluding carboxylic acids is 1. The number of hydrogen-bond donors (Lipinski definition) is 0. The molecule has 1 heterocycles. The van der Waals surface area contributed by atoms with Crippen LogP contribution in [0.3, 0.4) is 0 Å². The van der Waals surface area contributed by atoms with Crippen molar-refractivity contribution in [1.82, 2.24) is 9.80 Å². The Morgan fingerprint density at radius 2 is 1.84 bits per heavy atom. The molecule has 1 amide bonds. The SMILES string of the molecule is COc1ccc(C=CC(=O)N2CCCN(C3CCC3)CC2)cc1OC. The first-order chi connectivity index (χ1) is 12.2. The van der Waals surface area contributed by atoms with Crippen LogP contribution in [0.4, 0.5) is 0 Å². The Morgan fingerprint density at radius 3 is 2.52 bits per heavy atom. The van der Waals surface area contributed by atoms with E-state index in [1.54, 1.807) is 20.3 Å². The van der Waals surface area contributed by atoms with Crippen LogP contribution in [0.15, 0.2) is 24.3 Å². The van der Waals surface area contributed by atoms with E-state index in [-0.39, 0.29) is 5.91 Å². The summed E-state index contributed by atoms with van der Waals surface area (Å²) >= 11 is 0. The topological polar surface area (TPSA) is 42.0 Å². The molecule has 1 saturated heterocycles. The predicted octanol–water partition coefficient (Wildman–Crippen LogP) is 2.80. The summed E-state index contributed by atoms with van der Waals surface area (Å²) in [6.07, 6.45) is 8.59. The van der Waals surface area contributed by atoms with Crippen LogP contribution < -0.4 is 9.47 Å². The molecule has 0 bridgehead atoms. The number of ether oxygens (including phenoxy) is 2. The summed E-state index contributed by atoms with van der Waals surface area (Å²) in [7, 11) is 3.23. The average molecular weight is 344 g/mol. The quantitative estimate of drug-likeness (QED) is 0.771. The predicted molar refractivity (Wildman–Crippen MR) is 99.0 cm³/mol. The van der Waals surface area contributed by atoms with Crippen molar-refractivity contribution in [3.05, 3.63) is 29.8 Å². The van der Waals surface area contributed by atoms with Crippen LogP contribution in [0.25, 0.3) is 6.08 Å². The number of amides is 1. The summed E-state index contributed by atoms with van der Waals surface area (Å²) < 4.78 is 10.5. The number of carbonyl (C=O) groups is 1. The molecule has 5 nitrogen and oxygen atoms in total. The van der Waals surface area contributed by atoms with Crippen molar-refractivity contribution in [2.24, 2.45) is 0 Å². The highest BCUT2D eigenvalue weighted by atomic mass is 16.5. The fraction of sp³-hybridized carbons (Fsp3) is 0.550. The second kappa shape index (κ2) is 8.39. The van der Waals surface area contributed by atoms with E-state index < -0.39 is 0 Å². The van der Waals surface area contributed by atoms with Crippen molar-refractivity contribution >= 4 is 12.0 Å². The zero-order valence-electron chi connectivity index (χ0n) is 15.2. The lowest BCUT2D eigenvalue weighted by atomic mass is 9.91. The minimum absolute atomic E-state index is 0.0882. The van der Waals surface area contributed by atoms with E-state index in [0.717, 1.165) is 44.2 Å². The summed E-state index contributed by atoms with van der Waals surface area (Å²) in [5.41, 5.74) is 0.928. The van der Waals surface area contributed by atoms with Gasteiger partial charge in [-0.25, -0.2) is 0 Å². The first-order valence-corrected chi connectivity index (χ1v) is 9.14. The molecule has 0 spiro atoms.